The summed E-state index contributed by atoms with van der Waals surface area (Å²) in [5, 5.41) is 12.4. The Morgan fingerprint density at radius 3 is 2.94 bits per heavy atom. The number of nitrogens with zero attached hydrogens (tertiary/aromatic N) is 3. The molecule has 1 saturated carbocycles. The molecule has 0 amide bonds. The van der Waals surface area contributed by atoms with Crippen molar-refractivity contribution in [3.63, 3.8) is 0 Å². The summed E-state index contributed by atoms with van der Waals surface area (Å²) in [4.78, 5) is 12.5. The van der Waals surface area contributed by atoms with E-state index in [1.165, 1.54) is 12.8 Å². The van der Waals surface area contributed by atoms with Gasteiger partial charge in [-0.2, -0.15) is 0 Å². The number of aliphatic hydroxyl groups excluding tert-OH is 1. The van der Waals surface area contributed by atoms with Gasteiger partial charge in [0.1, 0.15) is 16.5 Å². The van der Waals surface area contributed by atoms with Gasteiger partial charge in [-0.1, -0.05) is 6.92 Å². The minimum absolute atomic E-state index is 0.174. The normalized spacial score (nSPS) is 15.2. The molecule has 0 unspecified atom stereocenters. The molecule has 0 radical (unpaired) electrons. The number of rotatable bonds is 5. The highest BCUT2D eigenvalue weighted by Crippen LogP contribution is 2.35. The number of aliphatic hydroxyl groups is 1. The fraction of sp³-hybridized carbons (Fsp3) is 0.538. The molecule has 1 N–H and O–H groups in total. The Morgan fingerprint density at radius 1 is 1.44 bits per heavy atom. The molecule has 2 aromatic rings. The summed E-state index contributed by atoms with van der Waals surface area (Å²) in [7, 11) is 0. The van der Waals surface area contributed by atoms with Gasteiger partial charge < -0.3 is 10.0 Å². The van der Waals surface area contributed by atoms with Crippen molar-refractivity contribution in [2.24, 2.45) is 0 Å². The Morgan fingerprint density at radius 2 is 2.28 bits per heavy atom. The van der Waals surface area contributed by atoms with Crippen LogP contribution in [-0.2, 0) is 6.42 Å². The van der Waals surface area contributed by atoms with Gasteiger partial charge in [-0.25, -0.2) is 9.97 Å². The zero-order chi connectivity index (χ0) is 12.5. The van der Waals surface area contributed by atoms with E-state index in [2.05, 4.69) is 33.2 Å². The van der Waals surface area contributed by atoms with Crippen LogP contribution in [0, 0.1) is 0 Å². The lowest BCUT2D eigenvalue weighted by Crippen LogP contribution is -2.30. The van der Waals surface area contributed by atoms with Crippen LogP contribution in [0.4, 0.5) is 5.82 Å². The van der Waals surface area contributed by atoms with E-state index in [-0.39, 0.29) is 6.61 Å². The van der Waals surface area contributed by atoms with E-state index >= 15 is 0 Å². The molecule has 0 aliphatic heterocycles. The summed E-state index contributed by atoms with van der Waals surface area (Å²) < 4.78 is 0. The topological polar surface area (TPSA) is 49.2 Å². The van der Waals surface area contributed by atoms with Crippen molar-refractivity contribution in [2.45, 2.75) is 32.2 Å². The first-order valence-electron chi connectivity index (χ1n) is 6.45. The van der Waals surface area contributed by atoms with Gasteiger partial charge in [-0.05, 0) is 24.3 Å². The first kappa shape index (κ1) is 11.9. The summed E-state index contributed by atoms with van der Waals surface area (Å²) in [5.41, 5.74) is 0. The lowest BCUT2D eigenvalue weighted by atomic mass is 10.3. The molecule has 1 fully saturated rings. The SMILES string of the molecule is CCc1nc(N(CCO)C2CC2)c2ccsc2n1. The Balaban J connectivity index is 2.09. The third kappa shape index (κ3) is 2.08. The lowest BCUT2D eigenvalue weighted by Gasteiger charge is -2.23. The molecular weight excluding hydrogens is 246 g/mol. The van der Waals surface area contributed by atoms with Crippen LogP contribution in [0.25, 0.3) is 10.2 Å². The van der Waals surface area contributed by atoms with Gasteiger partial charge >= 0.3 is 0 Å². The zero-order valence-electron chi connectivity index (χ0n) is 10.5. The minimum atomic E-state index is 0.174. The molecule has 4 nitrogen and oxygen atoms in total. The molecule has 2 aromatic heterocycles. The summed E-state index contributed by atoms with van der Waals surface area (Å²) in [6, 6.07) is 2.64. The van der Waals surface area contributed by atoms with Crippen molar-refractivity contribution in [1.82, 2.24) is 9.97 Å². The van der Waals surface area contributed by atoms with Crippen molar-refractivity contribution >= 4 is 27.4 Å². The van der Waals surface area contributed by atoms with Gasteiger partial charge in [-0.15, -0.1) is 11.3 Å². The van der Waals surface area contributed by atoms with Gasteiger partial charge in [0, 0.05) is 19.0 Å². The predicted octanol–water partition coefficient (Wildman–Crippen LogP) is 2.21. The summed E-state index contributed by atoms with van der Waals surface area (Å²) in [6.07, 6.45) is 3.26. The number of thiophene rings is 1. The van der Waals surface area contributed by atoms with Crippen LogP contribution < -0.4 is 4.90 Å². The Bertz CT molecular complexity index is 550. The molecule has 3 rings (SSSR count). The molecule has 18 heavy (non-hydrogen) atoms. The number of hydrogen-bond acceptors (Lipinski definition) is 5. The highest BCUT2D eigenvalue weighted by Gasteiger charge is 2.31. The highest BCUT2D eigenvalue weighted by atomic mass is 32.1. The van der Waals surface area contributed by atoms with E-state index in [1.54, 1.807) is 11.3 Å². The van der Waals surface area contributed by atoms with Crippen molar-refractivity contribution in [1.29, 1.82) is 0 Å². The van der Waals surface area contributed by atoms with E-state index < -0.39 is 0 Å². The average molecular weight is 263 g/mol. The second kappa shape index (κ2) is 4.82. The fourth-order valence-corrected chi connectivity index (χ4v) is 2.99. The Kier molecular flexibility index (Phi) is 3.18. The van der Waals surface area contributed by atoms with Crippen LogP contribution in [0.1, 0.15) is 25.6 Å². The number of hydrogen-bond donors (Lipinski definition) is 1. The summed E-state index contributed by atoms with van der Waals surface area (Å²) in [5.74, 6) is 1.90. The predicted molar refractivity (Wildman–Crippen MR) is 74.2 cm³/mol. The molecule has 0 bridgehead atoms. The highest BCUT2D eigenvalue weighted by molar-refractivity contribution is 7.16. The largest absolute Gasteiger partial charge is 0.395 e. The Labute approximate surface area is 110 Å². The van der Waals surface area contributed by atoms with Gasteiger partial charge in [0.25, 0.3) is 0 Å². The van der Waals surface area contributed by atoms with Crippen LogP contribution in [0.3, 0.4) is 0 Å². The smallest absolute Gasteiger partial charge is 0.141 e. The van der Waals surface area contributed by atoms with Gasteiger partial charge in [0.05, 0.1) is 12.0 Å². The quantitative estimate of drug-likeness (QED) is 0.898. The van der Waals surface area contributed by atoms with Gasteiger partial charge in [0.15, 0.2) is 0 Å². The number of aromatic nitrogens is 2. The molecule has 5 heteroatoms. The van der Waals surface area contributed by atoms with Crippen LogP contribution in [0.2, 0.25) is 0 Å². The zero-order valence-corrected chi connectivity index (χ0v) is 11.3. The standard InChI is InChI=1S/C13H17N3OS/c1-2-11-14-12(10-5-8-18-13(10)15-11)16(6-7-17)9-3-4-9/h5,8-9,17H,2-4,6-7H2,1H3. The van der Waals surface area contributed by atoms with E-state index in [9.17, 15) is 5.11 Å². The van der Waals surface area contributed by atoms with Crippen molar-refractivity contribution < 1.29 is 5.11 Å². The molecule has 0 spiro atoms. The number of aryl methyl sites for hydroxylation is 1. The van der Waals surface area contributed by atoms with Crippen LogP contribution in [0.5, 0.6) is 0 Å². The summed E-state index contributed by atoms with van der Waals surface area (Å²) >= 11 is 1.66. The maximum atomic E-state index is 9.24. The maximum absolute atomic E-state index is 9.24. The van der Waals surface area contributed by atoms with Gasteiger partial charge in [0.2, 0.25) is 0 Å². The molecule has 0 atom stereocenters. The minimum Gasteiger partial charge on any atom is -0.395 e. The third-order valence-corrected chi connectivity index (χ3v) is 4.07. The molecule has 2 heterocycles. The number of fused-ring (bicyclic) bond motifs is 1. The lowest BCUT2D eigenvalue weighted by molar-refractivity contribution is 0.301. The first-order valence-corrected chi connectivity index (χ1v) is 7.33. The second-order valence-corrected chi connectivity index (χ2v) is 5.50. The molecule has 0 saturated heterocycles. The van der Waals surface area contributed by atoms with Crippen LogP contribution in [-0.4, -0.2) is 34.3 Å². The summed E-state index contributed by atoms with van der Waals surface area (Å²) in [6.45, 7) is 2.91. The maximum Gasteiger partial charge on any atom is 0.141 e. The third-order valence-electron chi connectivity index (χ3n) is 3.27. The van der Waals surface area contributed by atoms with Crippen LogP contribution >= 0.6 is 11.3 Å². The first-order chi connectivity index (χ1) is 8.83. The number of anilines is 1. The molecule has 1 aliphatic carbocycles. The van der Waals surface area contributed by atoms with E-state index in [1.807, 2.05) is 0 Å². The fourth-order valence-electron chi connectivity index (χ4n) is 2.22. The molecule has 1 aliphatic rings. The van der Waals surface area contributed by atoms with E-state index in [0.717, 1.165) is 28.3 Å². The Hall–Kier alpha value is -1.20. The van der Waals surface area contributed by atoms with E-state index in [0.29, 0.717) is 12.6 Å². The molecule has 96 valence electrons. The average Bonchev–Trinajstić information content (AvgIpc) is 3.12. The second-order valence-electron chi connectivity index (χ2n) is 4.60. The van der Waals surface area contributed by atoms with Crippen LogP contribution in [0.15, 0.2) is 11.4 Å². The van der Waals surface area contributed by atoms with Crippen molar-refractivity contribution in [3.05, 3.63) is 17.3 Å². The monoisotopic (exact) mass is 263 g/mol. The molecule has 0 aromatic carbocycles. The van der Waals surface area contributed by atoms with Crippen molar-refractivity contribution in [3.8, 4) is 0 Å². The molecular formula is C13H17N3OS. The van der Waals surface area contributed by atoms with Gasteiger partial charge in [-0.3, -0.25) is 0 Å². The van der Waals surface area contributed by atoms with Crippen molar-refractivity contribution in [2.75, 3.05) is 18.1 Å². The van der Waals surface area contributed by atoms with E-state index in [4.69, 9.17) is 0 Å².